The smallest absolute Gasteiger partial charge is 0.269 e. The molecule has 0 aliphatic carbocycles. The number of nitrogens with zero attached hydrogens (tertiary/aromatic N) is 2. The van der Waals surface area contributed by atoms with Gasteiger partial charge in [0, 0.05) is 22.9 Å². The van der Waals surface area contributed by atoms with E-state index in [0.717, 1.165) is 24.3 Å². The number of anilines is 1. The number of aliphatic imine (C=N–C) groups is 1. The average Bonchev–Trinajstić information content (AvgIpc) is 3.16. The fourth-order valence-electron chi connectivity index (χ4n) is 2.17. The Bertz CT molecular complexity index is 1090. The second kappa shape index (κ2) is 7.56. The highest BCUT2D eigenvalue weighted by Crippen LogP contribution is 2.23. The van der Waals surface area contributed by atoms with Crippen LogP contribution in [0.5, 0.6) is 0 Å². The number of rotatable bonds is 6. The summed E-state index contributed by atoms with van der Waals surface area (Å²) < 4.78 is 27.2. The summed E-state index contributed by atoms with van der Waals surface area (Å²) in [5, 5.41) is 24.5. The van der Waals surface area contributed by atoms with Gasteiger partial charge in [0.25, 0.3) is 15.7 Å². The molecule has 0 fully saturated rings. The molecule has 0 unspecified atom stereocenters. The van der Waals surface area contributed by atoms with Crippen LogP contribution in [0.1, 0.15) is 4.88 Å². The van der Waals surface area contributed by atoms with E-state index in [1.807, 2.05) is 0 Å². The minimum atomic E-state index is -3.94. The standard InChI is InChI=1S/C17H13N3O5S2/c21-17(16-5-2-10-26-16)18-12-3-1-4-13(11-12)19-27(24,25)15-8-6-14(7-9-15)20(22)23/h1-11,19H,(H,18,21)/p-1. The molecule has 138 valence electrons. The highest BCUT2D eigenvalue weighted by molar-refractivity contribution is 7.92. The van der Waals surface area contributed by atoms with E-state index in [9.17, 15) is 23.6 Å². The first-order chi connectivity index (χ1) is 12.8. The van der Waals surface area contributed by atoms with Gasteiger partial charge in [-0.2, -0.15) is 0 Å². The van der Waals surface area contributed by atoms with E-state index >= 15 is 0 Å². The van der Waals surface area contributed by atoms with Crippen LogP contribution in [0.4, 0.5) is 17.1 Å². The first-order valence-corrected chi connectivity index (χ1v) is 9.88. The summed E-state index contributed by atoms with van der Waals surface area (Å²) >= 11 is 1.26. The number of benzene rings is 2. The molecule has 8 nitrogen and oxygen atoms in total. The van der Waals surface area contributed by atoms with Gasteiger partial charge in [-0.15, -0.1) is 11.3 Å². The molecule has 0 atom stereocenters. The molecular formula is C17H12N3O5S2-. The van der Waals surface area contributed by atoms with Crippen LogP contribution in [0.25, 0.3) is 0 Å². The van der Waals surface area contributed by atoms with Crippen molar-refractivity contribution in [3.8, 4) is 0 Å². The second-order valence-corrected chi connectivity index (χ2v) is 7.93. The number of thiophene rings is 1. The van der Waals surface area contributed by atoms with E-state index in [4.69, 9.17) is 0 Å². The van der Waals surface area contributed by atoms with E-state index in [2.05, 4.69) is 9.71 Å². The fraction of sp³-hybridized carbons (Fsp3) is 0. The van der Waals surface area contributed by atoms with Gasteiger partial charge in [-0.1, -0.05) is 12.1 Å². The van der Waals surface area contributed by atoms with Gasteiger partial charge < -0.3 is 5.11 Å². The number of nitro groups is 1. The van der Waals surface area contributed by atoms with Crippen LogP contribution in [0.3, 0.4) is 0 Å². The Labute approximate surface area is 158 Å². The number of non-ortho nitro benzene ring substituents is 1. The zero-order chi connectivity index (χ0) is 19.4. The predicted molar refractivity (Wildman–Crippen MR) is 101 cm³/mol. The van der Waals surface area contributed by atoms with Crippen LogP contribution in [-0.2, 0) is 10.0 Å². The van der Waals surface area contributed by atoms with E-state index < -0.39 is 20.8 Å². The summed E-state index contributed by atoms with van der Waals surface area (Å²) in [5.41, 5.74) is 0.313. The van der Waals surface area contributed by atoms with Crippen LogP contribution in [-0.4, -0.2) is 19.2 Å². The van der Waals surface area contributed by atoms with Crippen LogP contribution >= 0.6 is 11.3 Å². The molecule has 0 aliphatic heterocycles. The van der Waals surface area contributed by atoms with Crippen molar-refractivity contribution >= 4 is 44.3 Å². The Kier molecular flexibility index (Phi) is 5.19. The number of hydrogen-bond donors (Lipinski definition) is 1. The van der Waals surface area contributed by atoms with Crippen molar-refractivity contribution in [2.75, 3.05) is 4.72 Å². The Hall–Kier alpha value is -3.24. The van der Waals surface area contributed by atoms with E-state index in [-0.39, 0.29) is 16.3 Å². The largest absolute Gasteiger partial charge is 0.858 e. The quantitative estimate of drug-likeness (QED) is 0.294. The van der Waals surface area contributed by atoms with Crippen molar-refractivity contribution in [2.24, 2.45) is 4.99 Å². The van der Waals surface area contributed by atoms with Crippen LogP contribution < -0.4 is 9.83 Å². The molecule has 0 saturated heterocycles. The molecule has 2 aromatic carbocycles. The maximum Gasteiger partial charge on any atom is 0.269 e. The van der Waals surface area contributed by atoms with Gasteiger partial charge in [-0.05, 0) is 41.8 Å². The molecule has 0 spiro atoms. The Morgan fingerprint density at radius 3 is 2.44 bits per heavy atom. The molecule has 27 heavy (non-hydrogen) atoms. The number of nitro benzene ring substituents is 1. The third-order valence-corrected chi connectivity index (χ3v) is 5.67. The van der Waals surface area contributed by atoms with Gasteiger partial charge in [-0.25, -0.2) is 8.42 Å². The highest BCUT2D eigenvalue weighted by Gasteiger charge is 2.16. The molecule has 10 heteroatoms. The van der Waals surface area contributed by atoms with Crippen molar-refractivity contribution < 1.29 is 18.4 Å². The lowest BCUT2D eigenvalue weighted by Crippen LogP contribution is -2.16. The number of hydrogen-bond acceptors (Lipinski definition) is 7. The molecule has 1 N–H and O–H groups in total. The third kappa shape index (κ3) is 4.49. The minimum absolute atomic E-state index is 0.120. The Morgan fingerprint density at radius 1 is 1.07 bits per heavy atom. The summed E-state index contributed by atoms with van der Waals surface area (Å²) in [5.74, 6) is -0.416. The normalized spacial score (nSPS) is 11.9. The minimum Gasteiger partial charge on any atom is -0.858 e. The van der Waals surface area contributed by atoms with Crippen molar-refractivity contribution in [1.82, 2.24) is 0 Å². The van der Waals surface area contributed by atoms with Gasteiger partial charge in [0.2, 0.25) is 0 Å². The second-order valence-electron chi connectivity index (χ2n) is 5.30. The van der Waals surface area contributed by atoms with Gasteiger partial charge in [0.1, 0.15) is 0 Å². The molecule has 0 aliphatic rings. The highest BCUT2D eigenvalue weighted by atomic mass is 32.2. The maximum atomic E-state index is 12.4. The first kappa shape index (κ1) is 18.5. The molecule has 0 bridgehead atoms. The fourth-order valence-corrected chi connectivity index (χ4v) is 3.83. The van der Waals surface area contributed by atoms with Gasteiger partial charge in [-0.3, -0.25) is 19.8 Å². The van der Waals surface area contributed by atoms with Gasteiger partial charge in [0.15, 0.2) is 0 Å². The molecule has 0 radical (unpaired) electrons. The molecule has 0 amide bonds. The van der Waals surface area contributed by atoms with Crippen LogP contribution in [0.2, 0.25) is 0 Å². The van der Waals surface area contributed by atoms with E-state index in [0.29, 0.717) is 10.6 Å². The lowest BCUT2D eigenvalue weighted by Gasteiger charge is -2.10. The zero-order valence-electron chi connectivity index (χ0n) is 13.6. The van der Waals surface area contributed by atoms with Crippen LogP contribution in [0.15, 0.2) is 75.9 Å². The number of sulfonamides is 1. The Balaban J connectivity index is 1.83. The summed E-state index contributed by atoms with van der Waals surface area (Å²) in [4.78, 5) is 14.4. The molecular weight excluding hydrogens is 390 g/mol. The van der Waals surface area contributed by atoms with Crippen LogP contribution in [0, 0.1) is 10.1 Å². The third-order valence-electron chi connectivity index (χ3n) is 3.42. The van der Waals surface area contributed by atoms with Crippen molar-refractivity contribution in [1.29, 1.82) is 0 Å². The van der Waals surface area contributed by atoms with E-state index in [1.54, 1.807) is 29.6 Å². The lowest BCUT2D eigenvalue weighted by molar-refractivity contribution is -0.384. The van der Waals surface area contributed by atoms with E-state index in [1.165, 1.54) is 23.5 Å². The topological polar surface area (TPSA) is 125 Å². The van der Waals surface area contributed by atoms with Crippen molar-refractivity contribution in [3.63, 3.8) is 0 Å². The average molecular weight is 402 g/mol. The predicted octanol–water partition coefficient (Wildman–Crippen LogP) is 2.90. The SMILES string of the molecule is O=[N+]([O-])c1ccc(S(=O)(=O)Nc2cccc(N=C([O-])c3cccs3)c2)cc1. The Morgan fingerprint density at radius 2 is 1.81 bits per heavy atom. The zero-order valence-corrected chi connectivity index (χ0v) is 15.2. The monoisotopic (exact) mass is 402 g/mol. The lowest BCUT2D eigenvalue weighted by atomic mass is 10.3. The summed E-state index contributed by atoms with van der Waals surface area (Å²) in [6.07, 6.45) is 0. The maximum absolute atomic E-state index is 12.4. The van der Waals surface area contributed by atoms with Crippen molar-refractivity contribution in [2.45, 2.75) is 4.90 Å². The first-order valence-electron chi connectivity index (χ1n) is 7.52. The van der Waals surface area contributed by atoms with Crippen molar-refractivity contribution in [3.05, 3.63) is 81.0 Å². The van der Waals surface area contributed by atoms with Gasteiger partial charge >= 0.3 is 0 Å². The molecule has 3 rings (SSSR count). The molecule has 1 aromatic heterocycles. The summed E-state index contributed by atoms with van der Waals surface area (Å²) in [7, 11) is -3.94. The molecule has 0 saturated carbocycles. The summed E-state index contributed by atoms with van der Waals surface area (Å²) in [6.45, 7) is 0. The van der Waals surface area contributed by atoms with Gasteiger partial charge in [0.05, 0.1) is 21.2 Å². The number of nitrogens with one attached hydrogen (secondary N) is 1. The molecule has 1 heterocycles. The molecule has 3 aromatic rings. The summed E-state index contributed by atoms with van der Waals surface area (Å²) in [6, 6.07) is 14.0.